The van der Waals surface area contributed by atoms with Crippen molar-refractivity contribution >= 4 is 11.6 Å². The number of anilines is 1. The predicted octanol–water partition coefficient (Wildman–Crippen LogP) is 0.400. The molecule has 2 unspecified atom stereocenters. The zero-order chi connectivity index (χ0) is 13.0. The van der Waals surface area contributed by atoms with Crippen LogP contribution in [0, 0.1) is 5.92 Å². The van der Waals surface area contributed by atoms with Crippen molar-refractivity contribution < 1.29 is 9.53 Å². The molecular weight excluding hydrogens is 230 g/mol. The Kier molecular flexibility index (Phi) is 4.28. The maximum absolute atomic E-state index is 12.2. The highest BCUT2D eigenvalue weighted by molar-refractivity contribution is 5.84. The molecule has 0 saturated carbocycles. The fourth-order valence-electron chi connectivity index (χ4n) is 2.27. The molecule has 1 saturated heterocycles. The molecule has 5 nitrogen and oxygen atoms in total. The molecule has 98 valence electrons. The molecule has 1 aliphatic rings. The van der Waals surface area contributed by atoms with E-state index < -0.39 is 0 Å². The number of Topliss-reactive ketones (excluding diaryl/α,β-unsaturated/α-hetero) is 1. The number of likely N-dealkylation sites (N-methyl/N-ethyl adjacent to an activating group) is 1. The molecule has 2 heterocycles. The third kappa shape index (κ3) is 3.05. The van der Waals surface area contributed by atoms with Crippen LogP contribution in [-0.2, 0) is 16.0 Å². The lowest BCUT2D eigenvalue weighted by Crippen LogP contribution is -2.39. The van der Waals surface area contributed by atoms with Gasteiger partial charge in [0.15, 0.2) is 0 Å². The van der Waals surface area contributed by atoms with E-state index in [0.29, 0.717) is 25.5 Å². The summed E-state index contributed by atoms with van der Waals surface area (Å²) < 4.78 is 5.38. The smallest absolute Gasteiger partial charge is 0.144 e. The highest BCUT2D eigenvalue weighted by Crippen LogP contribution is 2.17. The summed E-state index contributed by atoms with van der Waals surface area (Å²) >= 11 is 0. The Bertz CT molecular complexity index is 422. The first-order valence-electron chi connectivity index (χ1n) is 6.25. The number of aromatic nitrogens is 1. The first kappa shape index (κ1) is 13.0. The van der Waals surface area contributed by atoms with Crippen LogP contribution < -0.4 is 11.1 Å². The molecule has 1 aromatic heterocycles. The van der Waals surface area contributed by atoms with Gasteiger partial charge in [-0.3, -0.25) is 4.79 Å². The van der Waals surface area contributed by atoms with E-state index in [0.717, 1.165) is 12.1 Å². The molecule has 0 aromatic carbocycles. The van der Waals surface area contributed by atoms with Gasteiger partial charge in [-0.2, -0.15) is 0 Å². The number of hydrogen-bond donors (Lipinski definition) is 2. The summed E-state index contributed by atoms with van der Waals surface area (Å²) in [6, 6.07) is 3.71. The van der Waals surface area contributed by atoms with Gasteiger partial charge in [0.2, 0.25) is 0 Å². The monoisotopic (exact) mass is 249 g/mol. The molecule has 5 heteroatoms. The van der Waals surface area contributed by atoms with Crippen molar-refractivity contribution in [2.24, 2.45) is 5.92 Å². The summed E-state index contributed by atoms with van der Waals surface area (Å²) in [5.74, 6) is 0.592. The van der Waals surface area contributed by atoms with Gasteiger partial charge in [0.1, 0.15) is 11.6 Å². The molecule has 0 bridgehead atoms. The Morgan fingerprint density at radius 1 is 1.61 bits per heavy atom. The number of hydrogen-bond acceptors (Lipinski definition) is 5. The molecule has 3 N–H and O–H groups in total. The van der Waals surface area contributed by atoms with Crippen molar-refractivity contribution in [3.8, 4) is 0 Å². The number of ketones is 1. The van der Waals surface area contributed by atoms with Crippen LogP contribution in [0.5, 0.6) is 0 Å². The van der Waals surface area contributed by atoms with Crippen molar-refractivity contribution in [2.45, 2.75) is 19.4 Å². The third-order valence-electron chi connectivity index (χ3n) is 3.18. The van der Waals surface area contributed by atoms with Crippen LogP contribution in [-0.4, -0.2) is 36.6 Å². The highest BCUT2D eigenvalue weighted by atomic mass is 16.5. The van der Waals surface area contributed by atoms with E-state index in [1.54, 1.807) is 12.3 Å². The molecule has 1 aromatic rings. The second-order valence-corrected chi connectivity index (χ2v) is 4.54. The molecular formula is C13H19N3O2. The summed E-state index contributed by atoms with van der Waals surface area (Å²) in [5, 5.41) is 3.29. The number of ether oxygens (including phenoxy) is 1. The quantitative estimate of drug-likeness (QED) is 0.790. The molecule has 0 aliphatic carbocycles. The van der Waals surface area contributed by atoms with Crippen LogP contribution in [0.15, 0.2) is 18.3 Å². The Labute approximate surface area is 107 Å². The average Bonchev–Trinajstić information content (AvgIpc) is 2.78. The van der Waals surface area contributed by atoms with Crippen molar-refractivity contribution in [1.82, 2.24) is 10.3 Å². The number of pyridine rings is 1. The molecule has 2 rings (SSSR count). The lowest BCUT2D eigenvalue weighted by molar-refractivity contribution is -0.122. The van der Waals surface area contributed by atoms with Gasteiger partial charge < -0.3 is 15.8 Å². The van der Waals surface area contributed by atoms with E-state index in [-0.39, 0.29) is 17.7 Å². The van der Waals surface area contributed by atoms with Crippen molar-refractivity contribution in [2.75, 3.05) is 25.5 Å². The van der Waals surface area contributed by atoms with E-state index in [1.165, 1.54) is 0 Å². The van der Waals surface area contributed by atoms with Gasteiger partial charge in [-0.25, -0.2) is 4.98 Å². The third-order valence-corrected chi connectivity index (χ3v) is 3.18. The molecule has 2 atom stereocenters. The van der Waals surface area contributed by atoms with Crippen LogP contribution in [0.4, 0.5) is 5.82 Å². The second kappa shape index (κ2) is 5.93. The second-order valence-electron chi connectivity index (χ2n) is 4.54. The lowest BCUT2D eigenvalue weighted by Gasteiger charge is -2.17. The summed E-state index contributed by atoms with van der Waals surface area (Å²) in [5.41, 5.74) is 6.52. The SMILES string of the molecule is CCNC1COCC1C(=O)Cc1ccnc(N)c1. The molecule has 0 radical (unpaired) electrons. The van der Waals surface area contributed by atoms with Gasteiger partial charge in [0.25, 0.3) is 0 Å². The van der Waals surface area contributed by atoms with E-state index in [1.807, 2.05) is 13.0 Å². The summed E-state index contributed by atoms with van der Waals surface area (Å²) in [6.45, 7) is 4.00. The maximum Gasteiger partial charge on any atom is 0.144 e. The van der Waals surface area contributed by atoms with Crippen LogP contribution in [0.25, 0.3) is 0 Å². The van der Waals surface area contributed by atoms with Crippen LogP contribution in [0.3, 0.4) is 0 Å². The maximum atomic E-state index is 12.2. The van der Waals surface area contributed by atoms with Crippen molar-refractivity contribution in [3.05, 3.63) is 23.9 Å². The van der Waals surface area contributed by atoms with Crippen LogP contribution >= 0.6 is 0 Å². The minimum Gasteiger partial charge on any atom is -0.384 e. The van der Waals surface area contributed by atoms with Gasteiger partial charge in [-0.15, -0.1) is 0 Å². The van der Waals surface area contributed by atoms with Gasteiger partial charge in [0.05, 0.1) is 19.1 Å². The standard InChI is InChI=1S/C13H19N3O2/c1-2-15-11-8-18-7-10(11)12(17)5-9-3-4-16-13(14)6-9/h3-4,6,10-11,15H,2,5,7-8H2,1H3,(H2,14,16). The fraction of sp³-hybridized carbons (Fsp3) is 0.538. The number of nitrogens with two attached hydrogens (primary N) is 1. The first-order valence-corrected chi connectivity index (χ1v) is 6.25. The first-order chi connectivity index (χ1) is 8.70. The van der Waals surface area contributed by atoms with Gasteiger partial charge in [0, 0.05) is 18.7 Å². The fourth-order valence-corrected chi connectivity index (χ4v) is 2.27. The zero-order valence-electron chi connectivity index (χ0n) is 10.6. The largest absolute Gasteiger partial charge is 0.384 e. The number of rotatable bonds is 5. The molecule has 1 aliphatic heterocycles. The van der Waals surface area contributed by atoms with Crippen molar-refractivity contribution in [1.29, 1.82) is 0 Å². The lowest BCUT2D eigenvalue weighted by atomic mass is 9.94. The molecule has 0 amide bonds. The molecule has 0 spiro atoms. The summed E-state index contributed by atoms with van der Waals surface area (Å²) in [4.78, 5) is 16.1. The van der Waals surface area contributed by atoms with Gasteiger partial charge in [-0.1, -0.05) is 6.92 Å². The zero-order valence-corrected chi connectivity index (χ0v) is 10.6. The van der Waals surface area contributed by atoms with E-state index in [2.05, 4.69) is 10.3 Å². The average molecular weight is 249 g/mol. The number of carbonyl (C=O) groups excluding carboxylic acids is 1. The Balaban J connectivity index is 1.99. The molecule has 1 fully saturated rings. The normalized spacial score (nSPS) is 23.2. The van der Waals surface area contributed by atoms with Crippen LogP contribution in [0.2, 0.25) is 0 Å². The van der Waals surface area contributed by atoms with Gasteiger partial charge >= 0.3 is 0 Å². The Morgan fingerprint density at radius 3 is 3.17 bits per heavy atom. The highest BCUT2D eigenvalue weighted by Gasteiger charge is 2.32. The summed E-state index contributed by atoms with van der Waals surface area (Å²) in [7, 11) is 0. The molecule has 18 heavy (non-hydrogen) atoms. The van der Waals surface area contributed by atoms with E-state index in [4.69, 9.17) is 10.5 Å². The number of nitrogens with one attached hydrogen (secondary N) is 1. The van der Waals surface area contributed by atoms with E-state index in [9.17, 15) is 4.79 Å². The summed E-state index contributed by atoms with van der Waals surface area (Å²) in [6.07, 6.45) is 2.02. The van der Waals surface area contributed by atoms with Crippen molar-refractivity contribution in [3.63, 3.8) is 0 Å². The topological polar surface area (TPSA) is 77.2 Å². The predicted molar refractivity (Wildman–Crippen MR) is 69.1 cm³/mol. The van der Waals surface area contributed by atoms with Gasteiger partial charge in [-0.05, 0) is 24.2 Å². The minimum absolute atomic E-state index is 0.0562. The van der Waals surface area contributed by atoms with Crippen LogP contribution in [0.1, 0.15) is 12.5 Å². The Morgan fingerprint density at radius 2 is 2.44 bits per heavy atom. The Hall–Kier alpha value is -1.46. The number of nitrogens with zero attached hydrogens (tertiary/aromatic N) is 1. The van der Waals surface area contributed by atoms with E-state index >= 15 is 0 Å². The minimum atomic E-state index is -0.0562. The number of carbonyl (C=O) groups is 1. The number of nitrogen functional groups attached to an aromatic ring is 1.